The molecule has 2 fully saturated rings. The van der Waals surface area contributed by atoms with Crippen molar-refractivity contribution in [2.45, 2.75) is 58.3 Å². The van der Waals surface area contributed by atoms with E-state index in [4.69, 9.17) is 13.9 Å². The number of rotatable bonds is 2. The van der Waals surface area contributed by atoms with Crippen LogP contribution in [0.25, 0.3) is 0 Å². The molecule has 5 heteroatoms. The second-order valence-electron chi connectivity index (χ2n) is 7.66. The van der Waals surface area contributed by atoms with Crippen LogP contribution in [0, 0.1) is 18.3 Å². The number of epoxide rings is 1. The van der Waals surface area contributed by atoms with Gasteiger partial charge in [-0.25, -0.2) is 4.79 Å². The SMILES string of the molecule is C=C(C)C(=O)OC1c2c(C)coc2C(=O)C23OC2CCC(C)C13C. The van der Waals surface area contributed by atoms with E-state index in [9.17, 15) is 9.59 Å². The van der Waals surface area contributed by atoms with Crippen molar-refractivity contribution < 1.29 is 23.5 Å². The van der Waals surface area contributed by atoms with Gasteiger partial charge in [-0.1, -0.05) is 20.4 Å². The third-order valence-corrected chi connectivity index (χ3v) is 6.36. The number of esters is 1. The Morgan fingerprint density at radius 2 is 2.12 bits per heavy atom. The van der Waals surface area contributed by atoms with Crippen molar-refractivity contribution in [2.24, 2.45) is 11.3 Å². The van der Waals surface area contributed by atoms with Crippen LogP contribution >= 0.6 is 0 Å². The zero-order valence-corrected chi connectivity index (χ0v) is 14.5. The van der Waals surface area contributed by atoms with Gasteiger partial charge in [-0.2, -0.15) is 0 Å². The molecule has 1 saturated heterocycles. The summed E-state index contributed by atoms with van der Waals surface area (Å²) in [5.41, 5.74) is 0.306. The van der Waals surface area contributed by atoms with Crippen LogP contribution in [0.5, 0.6) is 0 Å². The standard InChI is InChI=1S/C19H22O5/c1-9(2)17(21)23-16-13-10(3)8-22-14(13)15(20)19-12(24-19)7-6-11(4)18(16,19)5/h8,11-12,16H,1,6-7H2,2-5H3. The molecule has 1 aromatic heterocycles. The molecule has 0 aromatic carbocycles. The number of Topliss-reactive ketones (excluding diaryl/α,β-unsaturated/α-hetero) is 1. The van der Waals surface area contributed by atoms with Crippen LogP contribution in [0.15, 0.2) is 22.8 Å². The zero-order valence-electron chi connectivity index (χ0n) is 14.5. The quantitative estimate of drug-likeness (QED) is 0.471. The van der Waals surface area contributed by atoms with E-state index in [-0.39, 0.29) is 23.6 Å². The highest BCUT2D eigenvalue weighted by atomic mass is 16.6. The molecule has 1 saturated carbocycles. The molecule has 0 N–H and O–H groups in total. The minimum Gasteiger partial charge on any atom is -0.460 e. The molecular formula is C19H22O5. The Morgan fingerprint density at radius 1 is 1.42 bits per heavy atom. The molecule has 3 aliphatic rings. The van der Waals surface area contributed by atoms with Gasteiger partial charge in [-0.3, -0.25) is 4.79 Å². The maximum atomic E-state index is 13.2. The van der Waals surface area contributed by atoms with E-state index in [2.05, 4.69) is 13.5 Å². The van der Waals surface area contributed by atoms with Crippen LogP contribution in [0.2, 0.25) is 0 Å². The molecule has 0 bridgehead atoms. The summed E-state index contributed by atoms with van der Waals surface area (Å²) in [7, 11) is 0. The van der Waals surface area contributed by atoms with Crippen LogP contribution < -0.4 is 0 Å². The largest absolute Gasteiger partial charge is 0.460 e. The van der Waals surface area contributed by atoms with Gasteiger partial charge < -0.3 is 13.9 Å². The number of hydrogen-bond donors (Lipinski definition) is 0. The zero-order chi connectivity index (χ0) is 17.4. The van der Waals surface area contributed by atoms with Crippen molar-refractivity contribution in [2.75, 3.05) is 0 Å². The molecule has 5 nitrogen and oxygen atoms in total. The average molecular weight is 330 g/mol. The molecule has 1 aromatic rings. The van der Waals surface area contributed by atoms with Crippen LogP contribution in [0.3, 0.4) is 0 Å². The van der Waals surface area contributed by atoms with Gasteiger partial charge in [-0.15, -0.1) is 0 Å². The number of ether oxygens (including phenoxy) is 2. The number of aryl methyl sites for hydroxylation is 1. The van der Waals surface area contributed by atoms with Gasteiger partial charge >= 0.3 is 5.97 Å². The molecule has 4 rings (SSSR count). The van der Waals surface area contributed by atoms with Gasteiger partial charge in [0, 0.05) is 11.1 Å². The normalized spacial score (nSPS) is 39.5. The van der Waals surface area contributed by atoms with Crippen molar-refractivity contribution >= 4 is 11.8 Å². The Labute approximate surface area is 141 Å². The summed E-state index contributed by atoms with van der Waals surface area (Å²) in [6.45, 7) is 11.3. The lowest BCUT2D eigenvalue weighted by Crippen LogP contribution is -2.57. The Kier molecular flexibility index (Phi) is 3.00. The summed E-state index contributed by atoms with van der Waals surface area (Å²) in [6.07, 6.45) is 2.65. The minimum atomic E-state index is -0.929. The number of fused-ring (bicyclic) bond motifs is 1. The van der Waals surface area contributed by atoms with E-state index in [1.807, 2.05) is 13.8 Å². The number of ketones is 1. The third kappa shape index (κ3) is 1.59. The third-order valence-electron chi connectivity index (χ3n) is 6.36. The minimum absolute atomic E-state index is 0.104. The smallest absolute Gasteiger partial charge is 0.333 e. The van der Waals surface area contributed by atoms with Crippen molar-refractivity contribution in [1.82, 2.24) is 0 Å². The Bertz CT molecular complexity index is 775. The second kappa shape index (κ2) is 4.60. The van der Waals surface area contributed by atoms with Crippen LogP contribution in [0.1, 0.15) is 61.4 Å². The van der Waals surface area contributed by atoms with Gasteiger partial charge in [0.25, 0.3) is 0 Å². The van der Waals surface area contributed by atoms with Gasteiger partial charge in [0.1, 0.15) is 6.10 Å². The summed E-state index contributed by atoms with van der Waals surface area (Å²) < 4.78 is 17.4. The van der Waals surface area contributed by atoms with Crippen molar-refractivity contribution in [3.63, 3.8) is 0 Å². The van der Waals surface area contributed by atoms with Gasteiger partial charge in [0.05, 0.1) is 17.8 Å². The highest BCUT2D eigenvalue weighted by Gasteiger charge is 2.80. The number of carbonyl (C=O) groups excluding carboxylic acids is 2. The molecule has 0 radical (unpaired) electrons. The second-order valence-corrected chi connectivity index (χ2v) is 7.66. The number of carbonyl (C=O) groups is 2. The summed E-state index contributed by atoms with van der Waals surface area (Å²) >= 11 is 0. The lowest BCUT2D eigenvalue weighted by atomic mass is 9.53. The van der Waals surface area contributed by atoms with Crippen molar-refractivity contribution in [3.8, 4) is 0 Å². The van der Waals surface area contributed by atoms with Gasteiger partial charge in [-0.05, 0) is 38.2 Å². The predicted octanol–water partition coefficient (Wildman–Crippen LogP) is 3.52. The maximum Gasteiger partial charge on any atom is 0.333 e. The van der Waals surface area contributed by atoms with Crippen LogP contribution in [0.4, 0.5) is 0 Å². The first-order valence-corrected chi connectivity index (χ1v) is 8.42. The fraction of sp³-hybridized carbons (Fsp3) is 0.579. The Morgan fingerprint density at radius 3 is 2.79 bits per heavy atom. The topological polar surface area (TPSA) is 69.0 Å². The first-order chi connectivity index (χ1) is 11.2. The highest BCUT2D eigenvalue weighted by molar-refractivity contribution is 6.06. The molecule has 2 heterocycles. The first kappa shape index (κ1) is 15.6. The summed E-state index contributed by atoms with van der Waals surface area (Å²) in [5.74, 6) is -0.105. The highest BCUT2D eigenvalue weighted by Crippen LogP contribution is 2.69. The summed E-state index contributed by atoms with van der Waals surface area (Å²) in [4.78, 5) is 25.5. The van der Waals surface area contributed by atoms with Gasteiger partial charge in [0.2, 0.25) is 5.78 Å². The summed E-state index contributed by atoms with van der Waals surface area (Å²) in [6, 6.07) is 0. The first-order valence-electron chi connectivity index (χ1n) is 8.42. The van der Waals surface area contributed by atoms with E-state index in [0.29, 0.717) is 11.1 Å². The average Bonchev–Trinajstić information content (AvgIpc) is 3.17. The Balaban J connectivity index is 1.92. The predicted molar refractivity (Wildman–Crippen MR) is 85.5 cm³/mol. The molecule has 1 spiro atoms. The molecular weight excluding hydrogens is 308 g/mol. The lowest BCUT2D eigenvalue weighted by Gasteiger charge is -2.49. The monoisotopic (exact) mass is 330 g/mol. The fourth-order valence-electron chi connectivity index (χ4n) is 4.70. The summed E-state index contributed by atoms with van der Waals surface area (Å²) in [5, 5.41) is 0. The van der Waals surface area contributed by atoms with Crippen molar-refractivity contribution in [3.05, 3.63) is 35.3 Å². The van der Waals surface area contributed by atoms with Crippen LogP contribution in [-0.4, -0.2) is 23.5 Å². The lowest BCUT2D eigenvalue weighted by molar-refractivity contribution is -0.160. The molecule has 5 atom stereocenters. The molecule has 0 amide bonds. The molecule has 2 aliphatic carbocycles. The van der Waals surface area contributed by atoms with E-state index < -0.39 is 23.1 Å². The molecule has 128 valence electrons. The van der Waals surface area contributed by atoms with E-state index >= 15 is 0 Å². The van der Waals surface area contributed by atoms with E-state index in [1.165, 1.54) is 0 Å². The fourth-order valence-corrected chi connectivity index (χ4v) is 4.70. The number of furan rings is 1. The van der Waals surface area contributed by atoms with Crippen LogP contribution in [-0.2, 0) is 14.3 Å². The van der Waals surface area contributed by atoms with Crippen molar-refractivity contribution in [1.29, 1.82) is 0 Å². The maximum absolute atomic E-state index is 13.2. The molecule has 5 unspecified atom stereocenters. The number of hydrogen-bond acceptors (Lipinski definition) is 5. The molecule has 1 aliphatic heterocycles. The molecule has 24 heavy (non-hydrogen) atoms. The van der Waals surface area contributed by atoms with Gasteiger partial charge in [0.15, 0.2) is 11.4 Å². The van der Waals surface area contributed by atoms with E-state index in [0.717, 1.165) is 18.4 Å². The van der Waals surface area contributed by atoms with E-state index in [1.54, 1.807) is 13.2 Å². The Hall–Kier alpha value is -1.88.